The van der Waals surface area contributed by atoms with Gasteiger partial charge in [0.15, 0.2) is 0 Å². The summed E-state index contributed by atoms with van der Waals surface area (Å²) in [7, 11) is 0. The molecule has 1 aromatic heterocycles. The summed E-state index contributed by atoms with van der Waals surface area (Å²) in [5, 5.41) is 7.12. The van der Waals surface area contributed by atoms with Crippen molar-refractivity contribution in [2.24, 2.45) is 0 Å². The number of carboxylic acids is 1. The van der Waals surface area contributed by atoms with Crippen LogP contribution in [0.25, 0.3) is 0 Å². The Labute approximate surface area is 187 Å². The normalized spacial score (nSPS) is 23.7. The van der Waals surface area contributed by atoms with E-state index in [1.807, 2.05) is 15.9 Å². The zero-order valence-electron chi connectivity index (χ0n) is 17.8. The Morgan fingerprint density at radius 2 is 1.82 bits per heavy atom. The maximum absolute atomic E-state index is 12.8. The number of morpholine rings is 1. The molecule has 10 nitrogen and oxygen atoms in total. The van der Waals surface area contributed by atoms with E-state index in [0.717, 1.165) is 31.6 Å². The van der Waals surface area contributed by atoms with Crippen molar-refractivity contribution in [3.8, 4) is 0 Å². The number of carbonyl (C=O) groups is 3. The molecule has 3 aliphatic rings. The second-order valence-electron chi connectivity index (χ2n) is 7.92. The summed E-state index contributed by atoms with van der Waals surface area (Å²) >= 11 is 0. The molecule has 1 N–H and O–H groups in total. The molecule has 0 aliphatic carbocycles. The largest absolute Gasteiger partial charge is 0.490 e. The standard InChI is InChI=1S/C18H24N4O4.C2HF3O2/c23-16-11-26-18(13-22(16)15-4-3-5-19-10-15)12-21(8-9-25-14-18)17(24)20-6-1-2-7-20;3-2(4,5)1(6)7/h3-5,10H,1-2,6-9,11-14H2;(H,6,7). The van der Waals surface area contributed by atoms with Gasteiger partial charge in [-0.05, 0) is 25.0 Å². The Bertz CT molecular complexity index is 850. The Kier molecular flexibility index (Phi) is 7.74. The van der Waals surface area contributed by atoms with Gasteiger partial charge in [0.2, 0.25) is 0 Å². The third-order valence-corrected chi connectivity index (χ3v) is 5.45. The summed E-state index contributed by atoms with van der Waals surface area (Å²) in [6, 6.07) is 3.70. The fourth-order valence-electron chi connectivity index (χ4n) is 3.82. The molecule has 4 heterocycles. The number of halogens is 3. The van der Waals surface area contributed by atoms with Crippen LogP contribution in [-0.4, -0.2) is 102 Å². The molecule has 3 saturated heterocycles. The van der Waals surface area contributed by atoms with Gasteiger partial charge in [-0.25, -0.2) is 9.59 Å². The number of urea groups is 1. The lowest BCUT2D eigenvalue weighted by Crippen LogP contribution is -2.62. The molecule has 0 saturated carbocycles. The smallest absolute Gasteiger partial charge is 0.475 e. The monoisotopic (exact) mass is 474 g/mol. The van der Waals surface area contributed by atoms with Gasteiger partial charge in [-0.3, -0.25) is 9.78 Å². The number of hydrogen-bond donors (Lipinski definition) is 1. The summed E-state index contributed by atoms with van der Waals surface area (Å²) in [6.45, 7) is 3.75. The average molecular weight is 474 g/mol. The summed E-state index contributed by atoms with van der Waals surface area (Å²) in [6.07, 6.45) is 0.374. The van der Waals surface area contributed by atoms with Crippen molar-refractivity contribution in [3.63, 3.8) is 0 Å². The Morgan fingerprint density at radius 3 is 2.42 bits per heavy atom. The lowest BCUT2D eigenvalue weighted by atomic mass is 10.0. The molecule has 0 radical (unpaired) electrons. The number of rotatable bonds is 1. The summed E-state index contributed by atoms with van der Waals surface area (Å²) in [4.78, 5) is 43.6. The minimum absolute atomic E-state index is 0.0238. The van der Waals surface area contributed by atoms with Gasteiger partial charge in [0.1, 0.15) is 12.2 Å². The SMILES string of the molecule is O=C(N1CCCC1)N1CCOCC2(C1)CN(c1cccnc1)C(=O)CO2.O=C(O)C(F)(F)F. The van der Waals surface area contributed by atoms with Crippen molar-refractivity contribution in [2.45, 2.75) is 24.6 Å². The number of nitrogens with zero attached hydrogens (tertiary/aromatic N) is 4. The van der Waals surface area contributed by atoms with Crippen LogP contribution in [0.3, 0.4) is 0 Å². The fourth-order valence-corrected chi connectivity index (χ4v) is 3.82. The molecule has 13 heteroatoms. The Hall–Kier alpha value is -2.93. The van der Waals surface area contributed by atoms with Gasteiger partial charge in [-0.15, -0.1) is 0 Å². The minimum atomic E-state index is -5.08. The van der Waals surface area contributed by atoms with Crippen molar-refractivity contribution in [1.29, 1.82) is 0 Å². The molecular weight excluding hydrogens is 449 g/mol. The molecule has 1 unspecified atom stereocenters. The van der Waals surface area contributed by atoms with Crippen molar-refractivity contribution >= 4 is 23.6 Å². The highest BCUT2D eigenvalue weighted by molar-refractivity contribution is 5.95. The van der Waals surface area contributed by atoms with Crippen LogP contribution in [0.5, 0.6) is 0 Å². The molecule has 1 spiro atoms. The zero-order valence-corrected chi connectivity index (χ0v) is 17.8. The van der Waals surface area contributed by atoms with E-state index in [1.54, 1.807) is 23.4 Å². The van der Waals surface area contributed by atoms with Gasteiger partial charge >= 0.3 is 18.2 Å². The first kappa shape index (κ1) is 24.7. The van der Waals surface area contributed by atoms with Gasteiger partial charge in [-0.2, -0.15) is 13.2 Å². The predicted octanol–water partition coefficient (Wildman–Crippen LogP) is 1.36. The van der Waals surface area contributed by atoms with E-state index < -0.39 is 17.7 Å². The van der Waals surface area contributed by atoms with Crippen LogP contribution in [0, 0.1) is 0 Å². The number of aliphatic carboxylic acids is 1. The van der Waals surface area contributed by atoms with Crippen LogP contribution >= 0.6 is 0 Å². The Balaban J connectivity index is 0.000000383. The highest BCUT2D eigenvalue weighted by atomic mass is 19.4. The van der Waals surface area contributed by atoms with E-state index in [4.69, 9.17) is 19.4 Å². The van der Waals surface area contributed by atoms with E-state index in [2.05, 4.69) is 4.98 Å². The number of anilines is 1. The fraction of sp³-hybridized carbons (Fsp3) is 0.600. The van der Waals surface area contributed by atoms with E-state index in [-0.39, 0.29) is 18.5 Å². The van der Waals surface area contributed by atoms with Gasteiger partial charge in [-0.1, -0.05) is 0 Å². The van der Waals surface area contributed by atoms with Gasteiger partial charge in [0.25, 0.3) is 5.91 Å². The number of ether oxygens (including phenoxy) is 2. The van der Waals surface area contributed by atoms with E-state index in [9.17, 15) is 22.8 Å². The van der Waals surface area contributed by atoms with Crippen LogP contribution < -0.4 is 4.90 Å². The van der Waals surface area contributed by atoms with Crippen LogP contribution in [-0.2, 0) is 19.1 Å². The van der Waals surface area contributed by atoms with Gasteiger partial charge < -0.3 is 29.3 Å². The minimum Gasteiger partial charge on any atom is -0.475 e. The first-order chi connectivity index (χ1) is 15.6. The molecule has 3 fully saturated rings. The Morgan fingerprint density at radius 1 is 1.12 bits per heavy atom. The molecule has 182 valence electrons. The van der Waals surface area contributed by atoms with E-state index in [0.29, 0.717) is 32.8 Å². The maximum atomic E-state index is 12.8. The third-order valence-electron chi connectivity index (χ3n) is 5.45. The second kappa shape index (κ2) is 10.3. The van der Waals surface area contributed by atoms with Crippen molar-refractivity contribution < 1.29 is 42.1 Å². The third kappa shape index (κ3) is 6.32. The van der Waals surface area contributed by atoms with Crippen LogP contribution in [0.2, 0.25) is 0 Å². The summed E-state index contributed by atoms with van der Waals surface area (Å²) in [5.41, 5.74) is 0.0252. The molecule has 4 rings (SSSR count). The second-order valence-corrected chi connectivity index (χ2v) is 7.92. The number of carbonyl (C=O) groups excluding carboxylic acids is 2. The molecular formula is C20H25F3N4O6. The first-order valence-electron chi connectivity index (χ1n) is 10.4. The predicted molar refractivity (Wildman–Crippen MR) is 108 cm³/mol. The first-order valence-corrected chi connectivity index (χ1v) is 10.4. The molecule has 33 heavy (non-hydrogen) atoms. The van der Waals surface area contributed by atoms with Crippen LogP contribution in [0.1, 0.15) is 12.8 Å². The van der Waals surface area contributed by atoms with Crippen LogP contribution in [0.4, 0.5) is 23.7 Å². The molecule has 0 bridgehead atoms. The topological polar surface area (TPSA) is 113 Å². The molecule has 1 aromatic rings. The van der Waals surface area contributed by atoms with Crippen molar-refractivity contribution in [3.05, 3.63) is 24.5 Å². The quantitative estimate of drug-likeness (QED) is 0.654. The number of alkyl halides is 3. The number of likely N-dealkylation sites (tertiary alicyclic amines) is 1. The number of hydrogen-bond acceptors (Lipinski definition) is 6. The van der Waals surface area contributed by atoms with Crippen molar-refractivity contribution in [1.82, 2.24) is 14.8 Å². The number of pyridine rings is 1. The lowest BCUT2D eigenvalue weighted by molar-refractivity contribution is -0.192. The highest BCUT2D eigenvalue weighted by Gasteiger charge is 2.45. The molecule has 3 aliphatic heterocycles. The van der Waals surface area contributed by atoms with Gasteiger partial charge in [0, 0.05) is 25.8 Å². The van der Waals surface area contributed by atoms with Crippen molar-refractivity contribution in [2.75, 3.05) is 57.4 Å². The molecule has 3 amide bonds. The number of carboxylic acid groups (broad SMARTS) is 1. The lowest BCUT2D eigenvalue weighted by Gasteiger charge is -2.43. The van der Waals surface area contributed by atoms with E-state index in [1.165, 1.54) is 0 Å². The highest BCUT2D eigenvalue weighted by Crippen LogP contribution is 2.27. The summed E-state index contributed by atoms with van der Waals surface area (Å²) < 4.78 is 43.4. The number of aromatic nitrogens is 1. The van der Waals surface area contributed by atoms with E-state index >= 15 is 0 Å². The van der Waals surface area contributed by atoms with Crippen LogP contribution in [0.15, 0.2) is 24.5 Å². The number of amides is 3. The molecule has 0 aromatic carbocycles. The summed E-state index contributed by atoms with van der Waals surface area (Å²) in [5.74, 6) is -2.86. The maximum Gasteiger partial charge on any atom is 0.490 e. The van der Waals surface area contributed by atoms with Gasteiger partial charge in [0.05, 0.1) is 38.2 Å². The zero-order chi connectivity index (χ0) is 24.1. The average Bonchev–Trinajstić information content (AvgIpc) is 3.25. The molecule has 1 atom stereocenters.